The van der Waals surface area contributed by atoms with E-state index in [9.17, 15) is 14.4 Å². The second kappa shape index (κ2) is 6.06. The van der Waals surface area contributed by atoms with Crippen LogP contribution >= 0.6 is 0 Å². The van der Waals surface area contributed by atoms with Crippen LogP contribution in [0.1, 0.15) is 6.42 Å². The quantitative estimate of drug-likeness (QED) is 0.555. The predicted octanol–water partition coefficient (Wildman–Crippen LogP) is -2.26. The summed E-state index contributed by atoms with van der Waals surface area (Å²) in [5.41, 5.74) is 10.4. The van der Waals surface area contributed by atoms with Gasteiger partial charge in [0.15, 0.2) is 0 Å². The van der Waals surface area contributed by atoms with Gasteiger partial charge in [0.2, 0.25) is 17.7 Å². The highest BCUT2D eigenvalue weighted by molar-refractivity contribution is 5.90. The molecule has 0 aromatic rings. The number of nitrogens with zero attached hydrogens (tertiary/aromatic N) is 2. The molecule has 0 aromatic carbocycles. The van der Waals surface area contributed by atoms with Crippen molar-refractivity contribution in [3.05, 3.63) is 0 Å². The number of carbonyl (C=O) groups excluding carboxylic acids is 3. The molecule has 0 saturated heterocycles. The zero-order chi connectivity index (χ0) is 12.9. The minimum atomic E-state index is -0.988. The van der Waals surface area contributed by atoms with Gasteiger partial charge in [0.1, 0.15) is 0 Å². The molecule has 7 heteroatoms. The third-order valence-corrected chi connectivity index (χ3v) is 1.99. The van der Waals surface area contributed by atoms with Crippen LogP contribution in [0.3, 0.4) is 0 Å². The van der Waals surface area contributed by atoms with E-state index in [-0.39, 0.29) is 18.9 Å². The summed E-state index contributed by atoms with van der Waals surface area (Å²) in [7, 11) is 4.62. The fraction of sp³-hybridized carbons (Fsp3) is 0.667. The number of likely N-dealkylation sites (N-methyl/N-ethyl adjacent to an activating group) is 2. The average Bonchev–Trinajstić information content (AvgIpc) is 2.14. The van der Waals surface area contributed by atoms with Crippen molar-refractivity contribution in [1.82, 2.24) is 9.80 Å². The predicted molar refractivity (Wildman–Crippen MR) is 58.1 cm³/mol. The Balaban J connectivity index is 4.28. The number of primary amides is 1. The maximum absolute atomic E-state index is 11.6. The third-order valence-electron chi connectivity index (χ3n) is 1.99. The Labute approximate surface area is 94.3 Å². The van der Waals surface area contributed by atoms with Gasteiger partial charge in [0.25, 0.3) is 0 Å². The Kier molecular flexibility index (Phi) is 5.44. The van der Waals surface area contributed by atoms with Crippen LogP contribution < -0.4 is 11.5 Å². The summed E-state index contributed by atoms with van der Waals surface area (Å²) in [5, 5.41) is 0. The van der Waals surface area contributed by atoms with Crippen LogP contribution in [0.5, 0.6) is 0 Å². The zero-order valence-electron chi connectivity index (χ0n) is 9.77. The molecule has 3 amide bonds. The molecule has 1 atom stereocenters. The van der Waals surface area contributed by atoms with E-state index in [0.29, 0.717) is 0 Å². The van der Waals surface area contributed by atoms with Crippen LogP contribution in [0.2, 0.25) is 0 Å². The number of amides is 3. The van der Waals surface area contributed by atoms with Gasteiger partial charge >= 0.3 is 0 Å². The molecule has 0 radical (unpaired) electrons. The molecule has 0 fully saturated rings. The van der Waals surface area contributed by atoms with Crippen LogP contribution in [0.25, 0.3) is 0 Å². The van der Waals surface area contributed by atoms with Crippen LogP contribution in [0.15, 0.2) is 0 Å². The van der Waals surface area contributed by atoms with Crippen LogP contribution in [-0.2, 0) is 14.4 Å². The standard InChI is InChI=1S/C9H18N4O3/c1-12(2)8(15)5-13(3)9(16)6(10)4-7(11)14/h6H,4-5,10H2,1-3H3,(H2,11,14). The second-order valence-corrected chi connectivity index (χ2v) is 3.76. The van der Waals surface area contributed by atoms with Crippen molar-refractivity contribution in [2.45, 2.75) is 12.5 Å². The lowest BCUT2D eigenvalue weighted by Gasteiger charge is -2.21. The van der Waals surface area contributed by atoms with Gasteiger partial charge in [0, 0.05) is 21.1 Å². The molecule has 0 rings (SSSR count). The van der Waals surface area contributed by atoms with Crippen molar-refractivity contribution in [2.24, 2.45) is 11.5 Å². The molecule has 0 bridgehead atoms. The number of hydrogen-bond donors (Lipinski definition) is 2. The van der Waals surface area contributed by atoms with Crippen molar-refractivity contribution in [3.63, 3.8) is 0 Å². The van der Waals surface area contributed by atoms with Crippen LogP contribution in [0.4, 0.5) is 0 Å². The Morgan fingerprint density at radius 2 is 1.69 bits per heavy atom. The molecule has 1 unspecified atom stereocenters. The summed E-state index contributed by atoms with van der Waals surface area (Å²) in [6.45, 7) is -0.0711. The summed E-state index contributed by atoms with van der Waals surface area (Å²) in [5.74, 6) is -1.34. The minimum absolute atomic E-state index is 0.0711. The second-order valence-electron chi connectivity index (χ2n) is 3.76. The van der Waals surface area contributed by atoms with E-state index in [0.717, 1.165) is 0 Å². The smallest absolute Gasteiger partial charge is 0.241 e. The highest BCUT2D eigenvalue weighted by Gasteiger charge is 2.21. The van der Waals surface area contributed by atoms with Gasteiger partial charge in [-0.2, -0.15) is 0 Å². The fourth-order valence-electron chi connectivity index (χ4n) is 1.01. The first-order chi connectivity index (χ1) is 7.25. The molecule has 0 aliphatic heterocycles. The molecule has 16 heavy (non-hydrogen) atoms. The van der Waals surface area contributed by atoms with E-state index in [4.69, 9.17) is 11.5 Å². The first-order valence-corrected chi connectivity index (χ1v) is 4.74. The topological polar surface area (TPSA) is 110 Å². The lowest BCUT2D eigenvalue weighted by molar-refractivity contribution is -0.139. The molecular weight excluding hydrogens is 212 g/mol. The summed E-state index contributed by atoms with van der Waals surface area (Å²) in [6, 6.07) is -0.988. The van der Waals surface area contributed by atoms with Crippen LogP contribution in [0, 0.1) is 0 Å². The highest BCUT2D eigenvalue weighted by atomic mass is 16.2. The lowest BCUT2D eigenvalue weighted by atomic mass is 10.2. The molecule has 0 spiro atoms. The lowest BCUT2D eigenvalue weighted by Crippen LogP contribution is -2.47. The van der Waals surface area contributed by atoms with Gasteiger partial charge in [-0.05, 0) is 0 Å². The van der Waals surface area contributed by atoms with Crippen molar-refractivity contribution in [3.8, 4) is 0 Å². The normalized spacial score (nSPS) is 11.8. The largest absolute Gasteiger partial charge is 0.370 e. The van der Waals surface area contributed by atoms with E-state index in [2.05, 4.69) is 0 Å². The molecule has 0 heterocycles. The maximum Gasteiger partial charge on any atom is 0.241 e. The van der Waals surface area contributed by atoms with Gasteiger partial charge in [0.05, 0.1) is 19.0 Å². The molecule has 0 aromatic heterocycles. The molecule has 92 valence electrons. The summed E-state index contributed by atoms with van der Waals surface area (Å²) in [4.78, 5) is 36.0. The third kappa shape index (κ3) is 4.74. The van der Waals surface area contributed by atoms with Crippen molar-refractivity contribution < 1.29 is 14.4 Å². The molecule has 0 saturated carbocycles. The summed E-state index contributed by atoms with van der Waals surface area (Å²) in [6.07, 6.45) is -0.223. The van der Waals surface area contributed by atoms with Gasteiger partial charge in [-0.3, -0.25) is 14.4 Å². The zero-order valence-corrected chi connectivity index (χ0v) is 9.77. The van der Waals surface area contributed by atoms with Crippen molar-refractivity contribution in [1.29, 1.82) is 0 Å². The van der Waals surface area contributed by atoms with E-state index >= 15 is 0 Å². The highest BCUT2D eigenvalue weighted by Crippen LogP contribution is 1.95. The van der Waals surface area contributed by atoms with E-state index in [1.807, 2.05) is 0 Å². The number of nitrogens with two attached hydrogens (primary N) is 2. The Hall–Kier alpha value is -1.63. The van der Waals surface area contributed by atoms with E-state index in [1.165, 1.54) is 16.8 Å². The molecule has 7 nitrogen and oxygen atoms in total. The Bertz CT molecular complexity index is 290. The average molecular weight is 230 g/mol. The van der Waals surface area contributed by atoms with Crippen molar-refractivity contribution >= 4 is 17.7 Å². The number of hydrogen-bond acceptors (Lipinski definition) is 4. The Morgan fingerprint density at radius 3 is 2.06 bits per heavy atom. The number of rotatable bonds is 5. The van der Waals surface area contributed by atoms with Crippen LogP contribution in [-0.4, -0.2) is 61.3 Å². The van der Waals surface area contributed by atoms with Gasteiger partial charge in [-0.15, -0.1) is 0 Å². The molecular formula is C9H18N4O3. The first-order valence-electron chi connectivity index (χ1n) is 4.74. The van der Waals surface area contributed by atoms with Gasteiger partial charge in [-0.25, -0.2) is 0 Å². The maximum atomic E-state index is 11.6. The van der Waals surface area contributed by atoms with Gasteiger partial charge in [-0.1, -0.05) is 0 Å². The first kappa shape index (κ1) is 14.4. The molecule has 0 aliphatic carbocycles. The van der Waals surface area contributed by atoms with E-state index in [1.54, 1.807) is 14.1 Å². The fourth-order valence-corrected chi connectivity index (χ4v) is 1.01. The van der Waals surface area contributed by atoms with Crippen molar-refractivity contribution in [2.75, 3.05) is 27.7 Å². The van der Waals surface area contributed by atoms with Gasteiger partial charge < -0.3 is 21.3 Å². The summed E-state index contributed by atoms with van der Waals surface area (Å²) >= 11 is 0. The number of carbonyl (C=O) groups is 3. The summed E-state index contributed by atoms with van der Waals surface area (Å²) < 4.78 is 0. The van der Waals surface area contributed by atoms with E-state index < -0.39 is 17.9 Å². The molecule has 0 aliphatic rings. The molecule has 4 N–H and O–H groups in total. The monoisotopic (exact) mass is 230 g/mol. The minimum Gasteiger partial charge on any atom is -0.370 e. The SMILES string of the molecule is CN(C)C(=O)CN(C)C(=O)C(N)CC(N)=O. The Morgan fingerprint density at radius 1 is 1.19 bits per heavy atom.